The van der Waals surface area contributed by atoms with E-state index in [1.807, 2.05) is 24.3 Å². The zero-order valence-electron chi connectivity index (χ0n) is 11.3. The second-order valence-electron chi connectivity index (χ2n) is 5.48. The van der Waals surface area contributed by atoms with Crippen molar-refractivity contribution in [3.8, 4) is 0 Å². The number of hydrogen-bond donors (Lipinski definition) is 2. The summed E-state index contributed by atoms with van der Waals surface area (Å²) in [5.41, 5.74) is 0.816. The molecule has 5 heteroatoms. The summed E-state index contributed by atoms with van der Waals surface area (Å²) in [4.78, 5) is 23.1. The fourth-order valence-electron chi connectivity index (χ4n) is 2.53. The third kappa shape index (κ3) is 3.82. The molecule has 1 amide bonds. The third-order valence-corrected chi connectivity index (χ3v) is 4.24. The lowest BCUT2D eigenvalue weighted by Crippen LogP contribution is -2.40. The molecule has 2 rings (SSSR count). The van der Waals surface area contributed by atoms with Crippen molar-refractivity contribution in [1.29, 1.82) is 0 Å². The van der Waals surface area contributed by atoms with Gasteiger partial charge in [-0.05, 0) is 36.5 Å². The highest BCUT2D eigenvalue weighted by molar-refractivity contribution is 9.10. The Labute approximate surface area is 126 Å². The Bertz CT molecular complexity index is 494. The number of carboxylic acid groups (broad SMARTS) is 1. The van der Waals surface area contributed by atoms with Gasteiger partial charge in [-0.25, -0.2) is 0 Å². The molecule has 0 aliphatic heterocycles. The zero-order chi connectivity index (χ0) is 14.7. The third-order valence-electron chi connectivity index (χ3n) is 3.71. The topological polar surface area (TPSA) is 66.4 Å². The Kier molecular flexibility index (Phi) is 4.81. The molecule has 1 saturated carbocycles. The minimum absolute atomic E-state index is 0.0303. The van der Waals surface area contributed by atoms with Gasteiger partial charge in [0.25, 0.3) is 0 Å². The van der Waals surface area contributed by atoms with E-state index < -0.39 is 12.0 Å². The van der Waals surface area contributed by atoms with Gasteiger partial charge >= 0.3 is 5.97 Å². The fourth-order valence-corrected chi connectivity index (χ4v) is 2.79. The molecule has 1 aliphatic rings. The first kappa shape index (κ1) is 15.0. The normalized spacial score (nSPS) is 22.7. The molecule has 20 heavy (non-hydrogen) atoms. The average molecular weight is 340 g/mol. The second-order valence-corrected chi connectivity index (χ2v) is 6.40. The van der Waals surface area contributed by atoms with Crippen LogP contribution in [0, 0.1) is 11.8 Å². The summed E-state index contributed by atoms with van der Waals surface area (Å²) in [5.74, 6) is -0.314. The number of amides is 1. The first-order chi connectivity index (χ1) is 9.45. The van der Waals surface area contributed by atoms with Gasteiger partial charge < -0.3 is 10.4 Å². The molecule has 1 aromatic rings. The van der Waals surface area contributed by atoms with Gasteiger partial charge in [0.2, 0.25) is 5.91 Å². The minimum atomic E-state index is -0.916. The van der Waals surface area contributed by atoms with Crippen LogP contribution in [0.25, 0.3) is 0 Å². The molecule has 0 bridgehead atoms. The van der Waals surface area contributed by atoms with E-state index >= 15 is 0 Å². The Morgan fingerprint density at radius 2 is 1.95 bits per heavy atom. The van der Waals surface area contributed by atoms with Gasteiger partial charge in [0.05, 0.1) is 12.5 Å². The van der Waals surface area contributed by atoms with Crippen molar-refractivity contribution < 1.29 is 14.7 Å². The van der Waals surface area contributed by atoms with Crippen molar-refractivity contribution in [3.63, 3.8) is 0 Å². The molecule has 0 heterocycles. The lowest BCUT2D eigenvalue weighted by Gasteiger charge is -2.32. The highest BCUT2D eigenvalue weighted by atomic mass is 79.9. The Balaban J connectivity index is 2.05. The van der Waals surface area contributed by atoms with Gasteiger partial charge in [0.15, 0.2) is 0 Å². The van der Waals surface area contributed by atoms with E-state index in [-0.39, 0.29) is 18.2 Å². The second kappa shape index (κ2) is 6.39. The van der Waals surface area contributed by atoms with Crippen molar-refractivity contribution in [3.05, 3.63) is 34.3 Å². The van der Waals surface area contributed by atoms with Crippen LogP contribution in [0.2, 0.25) is 0 Å². The number of aliphatic carboxylic acids is 1. The van der Waals surface area contributed by atoms with Crippen LogP contribution in [0.4, 0.5) is 0 Å². The average Bonchev–Trinajstić information content (AvgIpc) is 2.34. The van der Waals surface area contributed by atoms with E-state index in [0.717, 1.165) is 22.9 Å². The van der Waals surface area contributed by atoms with Crippen LogP contribution in [-0.2, 0) is 9.59 Å². The van der Waals surface area contributed by atoms with Crippen LogP contribution in [0.1, 0.15) is 37.8 Å². The lowest BCUT2D eigenvalue weighted by atomic mass is 9.75. The molecule has 0 saturated heterocycles. The molecular weight excluding hydrogens is 322 g/mol. The van der Waals surface area contributed by atoms with E-state index in [9.17, 15) is 9.59 Å². The highest BCUT2D eigenvalue weighted by Crippen LogP contribution is 2.33. The molecule has 4 nitrogen and oxygen atoms in total. The number of halogens is 1. The summed E-state index contributed by atoms with van der Waals surface area (Å²) in [6.07, 6.45) is 1.69. The summed E-state index contributed by atoms with van der Waals surface area (Å²) in [7, 11) is 0. The maximum Gasteiger partial charge on any atom is 0.305 e. The van der Waals surface area contributed by atoms with Crippen LogP contribution in [-0.4, -0.2) is 17.0 Å². The van der Waals surface area contributed by atoms with Crippen LogP contribution in [0.5, 0.6) is 0 Å². The maximum absolute atomic E-state index is 12.1. The lowest BCUT2D eigenvalue weighted by molar-refractivity contribution is -0.138. The number of hydrogen-bond acceptors (Lipinski definition) is 2. The Hall–Kier alpha value is -1.36. The SMILES string of the molecule is CC1CC(C(=O)N[C@H](CC(=O)O)c2ccc(Br)cc2)C1. The molecule has 1 fully saturated rings. The molecular formula is C15H18BrNO3. The summed E-state index contributed by atoms with van der Waals surface area (Å²) < 4.78 is 0.925. The molecule has 0 aromatic heterocycles. The minimum Gasteiger partial charge on any atom is -0.481 e. The number of nitrogens with one attached hydrogen (secondary N) is 1. The first-order valence-corrected chi connectivity index (χ1v) is 7.52. The smallest absolute Gasteiger partial charge is 0.305 e. The van der Waals surface area contributed by atoms with Gasteiger partial charge in [-0.2, -0.15) is 0 Å². The van der Waals surface area contributed by atoms with Gasteiger partial charge in [-0.15, -0.1) is 0 Å². The van der Waals surface area contributed by atoms with Gasteiger partial charge in [0, 0.05) is 10.4 Å². The van der Waals surface area contributed by atoms with E-state index in [1.54, 1.807) is 0 Å². The quantitative estimate of drug-likeness (QED) is 0.865. The number of carbonyl (C=O) groups excluding carboxylic acids is 1. The maximum atomic E-state index is 12.1. The Morgan fingerprint density at radius 1 is 1.35 bits per heavy atom. The number of rotatable bonds is 5. The molecule has 108 valence electrons. The van der Waals surface area contributed by atoms with Gasteiger partial charge in [0.1, 0.15) is 0 Å². The van der Waals surface area contributed by atoms with Crippen LogP contribution >= 0.6 is 15.9 Å². The van der Waals surface area contributed by atoms with Gasteiger partial charge in [-0.1, -0.05) is 35.0 Å². The summed E-state index contributed by atoms with van der Waals surface area (Å²) in [6.45, 7) is 2.12. The highest BCUT2D eigenvalue weighted by Gasteiger charge is 2.32. The summed E-state index contributed by atoms with van der Waals surface area (Å²) in [5, 5.41) is 11.9. The number of benzene rings is 1. The van der Waals surface area contributed by atoms with Crippen molar-refractivity contribution in [1.82, 2.24) is 5.32 Å². The number of carbonyl (C=O) groups is 2. The Morgan fingerprint density at radius 3 is 2.45 bits per heavy atom. The number of carboxylic acids is 1. The van der Waals surface area contributed by atoms with Crippen LogP contribution in [0.3, 0.4) is 0 Å². The molecule has 0 radical (unpaired) electrons. The van der Waals surface area contributed by atoms with E-state index in [2.05, 4.69) is 28.2 Å². The van der Waals surface area contributed by atoms with E-state index in [0.29, 0.717) is 5.92 Å². The molecule has 1 aliphatic carbocycles. The molecule has 0 unspecified atom stereocenters. The van der Waals surface area contributed by atoms with Crippen molar-refractivity contribution in [2.45, 2.75) is 32.2 Å². The summed E-state index contributed by atoms with van der Waals surface area (Å²) >= 11 is 3.34. The largest absolute Gasteiger partial charge is 0.481 e. The molecule has 1 aromatic carbocycles. The van der Waals surface area contributed by atoms with Crippen molar-refractivity contribution in [2.24, 2.45) is 11.8 Å². The predicted octanol–water partition coefficient (Wildman–Crippen LogP) is 3.13. The van der Waals surface area contributed by atoms with Crippen LogP contribution < -0.4 is 5.32 Å². The molecule has 1 atom stereocenters. The van der Waals surface area contributed by atoms with Crippen LogP contribution in [0.15, 0.2) is 28.7 Å². The standard InChI is InChI=1S/C15H18BrNO3/c1-9-6-11(7-9)15(20)17-13(8-14(18)19)10-2-4-12(16)5-3-10/h2-5,9,11,13H,6-8H2,1H3,(H,17,20)(H,18,19)/t9?,11?,13-/m1/s1. The fraction of sp³-hybridized carbons (Fsp3) is 0.467. The van der Waals surface area contributed by atoms with E-state index in [1.165, 1.54) is 0 Å². The summed E-state index contributed by atoms with van der Waals surface area (Å²) in [6, 6.07) is 6.90. The van der Waals surface area contributed by atoms with E-state index in [4.69, 9.17) is 5.11 Å². The molecule has 2 N–H and O–H groups in total. The van der Waals surface area contributed by atoms with Gasteiger partial charge in [-0.3, -0.25) is 9.59 Å². The molecule has 0 spiro atoms. The van der Waals surface area contributed by atoms with Crippen molar-refractivity contribution >= 4 is 27.8 Å². The first-order valence-electron chi connectivity index (χ1n) is 6.73. The zero-order valence-corrected chi connectivity index (χ0v) is 12.9. The predicted molar refractivity (Wildman–Crippen MR) is 79.2 cm³/mol. The monoisotopic (exact) mass is 339 g/mol. The van der Waals surface area contributed by atoms with Crippen molar-refractivity contribution in [2.75, 3.05) is 0 Å².